The zero-order chi connectivity index (χ0) is 10.2. The largest absolute Gasteiger partial charge is 0.370 e. The summed E-state index contributed by atoms with van der Waals surface area (Å²) < 4.78 is 4.80. The Labute approximate surface area is 94.0 Å². The predicted molar refractivity (Wildman–Crippen MR) is 58.7 cm³/mol. The number of hydrogen-bond donors (Lipinski definition) is 0. The number of halogens is 2. The van der Waals surface area contributed by atoms with E-state index in [1.807, 2.05) is 37.3 Å². The van der Waals surface area contributed by atoms with Crippen molar-refractivity contribution < 1.29 is 4.74 Å². The fourth-order valence-corrected chi connectivity index (χ4v) is 2.17. The molecule has 76 valence electrons. The Bertz CT molecular complexity index is 310. The van der Waals surface area contributed by atoms with E-state index in [1.165, 1.54) is 0 Å². The van der Waals surface area contributed by atoms with Crippen LogP contribution in [0.25, 0.3) is 0 Å². The number of rotatable bonds is 1. The van der Waals surface area contributed by atoms with E-state index >= 15 is 0 Å². The topological polar surface area (TPSA) is 9.23 Å². The summed E-state index contributed by atoms with van der Waals surface area (Å²) in [7, 11) is 0. The van der Waals surface area contributed by atoms with E-state index in [1.54, 1.807) is 0 Å². The second-order valence-electron chi connectivity index (χ2n) is 3.70. The van der Waals surface area contributed by atoms with Crippen molar-refractivity contribution in [2.45, 2.75) is 17.4 Å². The van der Waals surface area contributed by atoms with Crippen molar-refractivity contribution in [2.24, 2.45) is 5.92 Å². The van der Waals surface area contributed by atoms with Gasteiger partial charge < -0.3 is 4.74 Å². The van der Waals surface area contributed by atoms with Gasteiger partial charge in [-0.2, -0.15) is 0 Å². The molecule has 1 heterocycles. The smallest absolute Gasteiger partial charge is 0.153 e. The van der Waals surface area contributed by atoms with Crippen LogP contribution in [0.1, 0.15) is 18.6 Å². The Morgan fingerprint density at radius 3 is 2.43 bits per heavy atom. The van der Waals surface area contributed by atoms with Gasteiger partial charge in [0.1, 0.15) is 6.10 Å². The molecule has 1 fully saturated rings. The first-order chi connectivity index (χ1) is 6.62. The minimum atomic E-state index is -0.804. The molecule has 1 nitrogen and oxygen atoms in total. The normalized spacial score (nSPS) is 30.5. The summed E-state index contributed by atoms with van der Waals surface area (Å²) in [5, 5.41) is 0. The molecule has 1 aromatic carbocycles. The molecule has 3 heteroatoms. The van der Waals surface area contributed by atoms with Crippen LogP contribution in [0.2, 0.25) is 0 Å². The van der Waals surface area contributed by atoms with Gasteiger partial charge in [-0.1, -0.05) is 60.5 Å². The standard InChI is InChI=1S/C11H12Cl2O/c1-8-7-14-10(11(8,12)13)9-5-3-2-4-6-9/h2-6,8,10H,7H2,1H3/t8-,10-/m0/s1. The van der Waals surface area contributed by atoms with Crippen LogP contribution in [0.3, 0.4) is 0 Å². The van der Waals surface area contributed by atoms with Gasteiger partial charge >= 0.3 is 0 Å². The van der Waals surface area contributed by atoms with Gasteiger partial charge in [0.2, 0.25) is 0 Å². The molecule has 0 radical (unpaired) electrons. The zero-order valence-corrected chi connectivity index (χ0v) is 9.42. The van der Waals surface area contributed by atoms with Crippen LogP contribution >= 0.6 is 23.2 Å². The van der Waals surface area contributed by atoms with Gasteiger partial charge in [0.05, 0.1) is 6.61 Å². The SMILES string of the molecule is C[C@H]1CO[C@@H](c2ccccc2)C1(Cl)Cl. The fraction of sp³-hybridized carbons (Fsp3) is 0.455. The summed E-state index contributed by atoms with van der Waals surface area (Å²) in [6, 6.07) is 9.87. The van der Waals surface area contributed by atoms with Gasteiger partial charge in [-0.05, 0) is 5.56 Å². The van der Waals surface area contributed by atoms with Gasteiger partial charge in [0.25, 0.3) is 0 Å². The zero-order valence-electron chi connectivity index (χ0n) is 7.91. The highest BCUT2D eigenvalue weighted by molar-refractivity contribution is 6.49. The van der Waals surface area contributed by atoms with Gasteiger partial charge in [-0.25, -0.2) is 0 Å². The Morgan fingerprint density at radius 1 is 1.29 bits per heavy atom. The lowest BCUT2D eigenvalue weighted by Crippen LogP contribution is -2.24. The highest BCUT2D eigenvalue weighted by Gasteiger charge is 2.47. The molecule has 0 bridgehead atoms. The monoisotopic (exact) mass is 230 g/mol. The van der Waals surface area contributed by atoms with Crippen LogP contribution in [0.5, 0.6) is 0 Å². The van der Waals surface area contributed by atoms with Gasteiger partial charge in [-0.15, -0.1) is 0 Å². The third-order valence-corrected chi connectivity index (χ3v) is 3.76. The average Bonchev–Trinajstić information content (AvgIpc) is 2.44. The van der Waals surface area contributed by atoms with Crippen molar-refractivity contribution in [1.29, 1.82) is 0 Å². The van der Waals surface area contributed by atoms with E-state index in [4.69, 9.17) is 27.9 Å². The molecule has 0 aromatic heterocycles. The van der Waals surface area contributed by atoms with Crippen molar-refractivity contribution in [1.82, 2.24) is 0 Å². The van der Waals surface area contributed by atoms with Gasteiger partial charge in [0.15, 0.2) is 4.33 Å². The minimum Gasteiger partial charge on any atom is -0.370 e. The first kappa shape index (κ1) is 10.3. The van der Waals surface area contributed by atoms with Gasteiger partial charge in [-0.3, -0.25) is 0 Å². The summed E-state index contributed by atoms with van der Waals surface area (Å²) in [5.74, 6) is 0.163. The van der Waals surface area contributed by atoms with Gasteiger partial charge in [0, 0.05) is 5.92 Å². The van der Waals surface area contributed by atoms with E-state index in [0.29, 0.717) is 6.61 Å². The maximum absolute atomic E-state index is 6.26. The van der Waals surface area contributed by atoms with Crippen molar-refractivity contribution in [2.75, 3.05) is 6.61 Å². The Kier molecular flexibility index (Phi) is 2.74. The number of hydrogen-bond acceptors (Lipinski definition) is 1. The molecule has 0 aliphatic carbocycles. The quantitative estimate of drug-likeness (QED) is 0.671. The lowest BCUT2D eigenvalue weighted by Gasteiger charge is -2.23. The first-order valence-electron chi connectivity index (χ1n) is 4.66. The molecule has 1 aliphatic heterocycles. The lowest BCUT2D eigenvalue weighted by molar-refractivity contribution is 0.105. The highest BCUT2D eigenvalue weighted by Crippen LogP contribution is 2.49. The van der Waals surface area contributed by atoms with Crippen molar-refractivity contribution in [3.63, 3.8) is 0 Å². The van der Waals surface area contributed by atoms with Crippen LogP contribution in [-0.4, -0.2) is 10.9 Å². The molecular formula is C11H12Cl2O. The Hall–Kier alpha value is -0.240. The first-order valence-corrected chi connectivity index (χ1v) is 5.42. The second kappa shape index (κ2) is 3.73. The molecule has 1 saturated heterocycles. The summed E-state index contributed by atoms with van der Waals surface area (Å²) in [6.07, 6.45) is -0.206. The number of ether oxygens (including phenoxy) is 1. The molecule has 2 atom stereocenters. The summed E-state index contributed by atoms with van der Waals surface area (Å²) in [6.45, 7) is 2.62. The lowest BCUT2D eigenvalue weighted by atomic mass is 10.0. The third kappa shape index (κ3) is 1.65. The van der Waals surface area contributed by atoms with Crippen molar-refractivity contribution in [3.8, 4) is 0 Å². The minimum absolute atomic E-state index is 0.163. The molecule has 1 aliphatic rings. The second-order valence-corrected chi connectivity index (χ2v) is 5.14. The number of benzene rings is 1. The van der Waals surface area contributed by atoms with E-state index in [2.05, 4.69) is 0 Å². The average molecular weight is 231 g/mol. The van der Waals surface area contributed by atoms with E-state index in [-0.39, 0.29) is 12.0 Å². The third-order valence-electron chi connectivity index (χ3n) is 2.62. The maximum atomic E-state index is 6.26. The van der Waals surface area contributed by atoms with Crippen LogP contribution in [0.15, 0.2) is 30.3 Å². The summed E-state index contributed by atoms with van der Waals surface area (Å²) >= 11 is 12.5. The van der Waals surface area contributed by atoms with Crippen molar-refractivity contribution >= 4 is 23.2 Å². The predicted octanol–water partition coefficient (Wildman–Crippen LogP) is 3.57. The summed E-state index contributed by atoms with van der Waals surface area (Å²) in [4.78, 5) is 0. The Balaban J connectivity index is 2.29. The molecule has 0 unspecified atom stereocenters. The van der Waals surface area contributed by atoms with Crippen LogP contribution in [0, 0.1) is 5.92 Å². The maximum Gasteiger partial charge on any atom is 0.153 e. The molecule has 1 aromatic rings. The molecule has 0 amide bonds. The Morgan fingerprint density at radius 2 is 1.93 bits per heavy atom. The number of alkyl halides is 2. The van der Waals surface area contributed by atoms with Crippen LogP contribution < -0.4 is 0 Å². The van der Waals surface area contributed by atoms with E-state index in [0.717, 1.165) is 5.56 Å². The van der Waals surface area contributed by atoms with Crippen molar-refractivity contribution in [3.05, 3.63) is 35.9 Å². The molecular weight excluding hydrogens is 219 g/mol. The van der Waals surface area contributed by atoms with Crippen LogP contribution in [-0.2, 0) is 4.74 Å². The van der Waals surface area contributed by atoms with Crippen LogP contribution in [0.4, 0.5) is 0 Å². The molecule has 0 N–H and O–H groups in total. The molecule has 14 heavy (non-hydrogen) atoms. The fourth-order valence-electron chi connectivity index (χ4n) is 1.67. The highest BCUT2D eigenvalue weighted by atomic mass is 35.5. The molecule has 2 rings (SSSR count). The van der Waals surface area contributed by atoms with E-state index in [9.17, 15) is 0 Å². The molecule has 0 saturated carbocycles. The van der Waals surface area contributed by atoms with E-state index < -0.39 is 4.33 Å². The summed E-state index contributed by atoms with van der Waals surface area (Å²) in [5.41, 5.74) is 1.04. The molecule has 0 spiro atoms.